The van der Waals surface area contributed by atoms with Gasteiger partial charge in [-0.15, -0.1) is 0 Å². The summed E-state index contributed by atoms with van der Waals surface area (Å²) >= 11 is 0. The van der Waals surface area contributed by atoms with Crippen LogP contribution >= 0.6 is 0 Å². The molecule has 2 aromatic rings. The number of furan rings is 1. The van der Waals surface area contributed by atoms with Crippen LogP contribution in [-0.2, 0) is 9.47 Å². The highest BCUT2D eigenvalue weighted by molar-refractivity contribution is 5.90. The van der Waals surface area contributed by atoms with Gasteiger partial charge in [-0.1, -0.05) is 30.3 Å². The third kappa shape index (κ3) is 1.90. The number of hydrogen-bond donors (Lipinski definition) is 1. The number of ether oxygens (including phenoxy) is 2. The predicted molar refractivity (Wildman–Crippen MR) is 95.4 cm³/mol. The first kappa shape index (κ1) is 17.8. The summed E-state index contributed by atoms with van der Waals surface area (Å²) in [7, 11) is 0. The van der Waals surface area contributed by atoms with Crippen molar-refractivity contribution in [3.05, 3.63) is 59.5 Å². The van der Waals surface area contributed by atoms with Crippen LogP contribution in [0.2, 0.25) is 0 Å². The second-order valence-corrected chi connectivity index (χ2v) is 7.19. The van der Waals surface area contributed by atoms with Crippen molar-refractivity contribution in [2.24, 2.45) is 10.8 Å². The normalized spacial score (nSPS) is 32.6. The van der Waals surface area contributed by atoms with Crippen molar-refractivity contribution in [3.8, 4) is 18.2 Å². The molecule has 0 aliphatic carbocycles. The van der Waals surface area contributed by atoms with Gasteiger partial charge in [0.1, 0.15) is 11.5 Å². The Morgan fingerprint density at radius 2 is 1.68 bits per heavy atom. The molecule has 4 unspecified atom stereocenters. The second-order valence-electron chi connectivity index (χ2n) is 7.19. The largest absolute Gasteiger partial charge is 0.464 e. The maximum absolute atomic E-state index is 10.3. The lowest BCUT2D eigenvalue weighted by atomic mass is 9.53. The lowest BCUT2D eigenvalue weighted by molar-refractivity contribution is -0.257. The molecule has 28 heavy (non-hydrogen) atoms. The topological polar surface area (TPSA) is 127 Å². The number of nitriles is 3. The molecule has 0 amide bonds. The average Bonchev–Trinajstić information content (AvgIpc) is 3.20. The molecule has 4 atom stereocenters. The van der Waals surface area contributed by atoms with E-state index in [2.05, 4.69) is 6.07 Å². The fourth-order valence-corrected chi connectivity index (χ4v) is 4.48. The van der Waals surface area contributed by atoms with E-state index >= 15 is 0 Å². The van der Waals surface area contributed by atoms with E-state index in [9.17, 15) is 15.8 Å². The van der Waals surface area contributed by atoms with Crippen LogP contribution in [0.4, 0.5) is 0 Å². The SMILES string of the molecule is Cc1ccc(C2OC3(C)OC(=N)C(C#N)(C3c3ccccc3)C2(C#N)C#N)o1. The van der Waals surface area contributed by atoms with Gasteiger partial charge >= 0.3 is 0 Å². The maximum atomic E-state index is 10.3. The fourth-order valence-electron chi connectivity index (χ4n) is 4.48. The molecule has 138 valence electrons. The maximum Gasteiger partial charge on any atom is 0.219 e. The van der Waals surface area contributed by atoms with Crippen molar-refractivity contribution in [1.82, 2.24) is 0 Å². The zero-order chi connectivity index (χ0) is 20.2. The van der Waals surface area contributed by atoms with Crippen molar-refractivity contribution in [1.29, 1.82) is 21.2 Å². The summed E-state index contributed by atoms with van der Waals surface area (Å²) < 4.78 is 17.6. The minimum Gasteiger partial charge on any atom is -0.464 e. The van der Waals surface area contributed by atoms with Crippen molar-refractivity contribution in [2.75, 3.05) is 0 Å². The lowest BCUT2D eigenvalue weighted by Crippen LogP contribution is -2.57. The molecule has 1 N–H and O–H groups in total. The Kier molecular flexibility index (Phi) is 3.62. The summed E-state index contributed by atoms with van der Waals surface area (Å²) in [6.45, 7) is 3.36. The van der Waals surface area contributed by atoms with Gasteiger partial charge in [0.2, 0.25) is 17.1 Å². The Morgan fingerprint density at radius 3 is 2.21 bits per heavy atom. The molecule has 3 heterocycles. The van der Waals surface area contributed by atoms with E-state index in [1.54, 1.807) is 50.2 Å². The lowest BCUT2D eigenvalue weighted by Gasteiger charge is -2.48. The fraction of sp³-hybridized carbons (Fsp3) is 0.333. The highest BCUT2D eigenvalue weighted by atomic mass is 16.7. The van der Waals surface area contributed by atoms with Crippen molar-refractivity contribution >= 4 is 5.90 Å². The second kappa shape index (κ2) is 5.70. The van der Waals surface area contributed by atoms with Crippen molar-refractivity contribution in [2.45, 2.75) is 31.7 Å². The highest BCUT2D eigenvalue weighted by Crippen LogP contribution is 2.69. The van der Waals surface area contributed by atoms with Gasteiger partial charge in [0.15, 0.2) is 11.5 Å². The number of benzene rings is 1. The smallest absolute Gasteiger partial charge is 0.219 e. The van der Waals surface area contributed by atoms with E-state index in [0.29, 0.717) is 11.3 Å². The van der Waals surface area contributed by atoms with Gasteiger partial charge in [0, 0.05) is 6.92 Å². The Morgan fingerprint density at radius 1 is 1.00 bits per heavy atom. The van der Waals surface area contributed by atoms with Gasteiger partial charge in [-0.2, -0.15) is 15.8 Å². The predicted octanol–water partition coefficient (Wildman–Crippen LogP) is 3.71. The van der Waals surface area contributed by atoms with Gasteiger partial charge in [-0.25, -0.2) is 0 Å². The number of nitrogens with one attached hydrogen (secondary N) is 1. The van der Waals surface area contributed by atoms with Gasteiger partial charge < -0.3 is 13.9 Å². The monoisotopic (exact) mass is 372 g/mol. The highest BCUT2D eigenvalue weighted by Gasteiger charge is 2.80. The Labute approximate surface area is 161 Å². The van der Waals surface area contributed by atoms with Crippen LogP contribution in [-0.4, -0.2) is 11.7 Å². The molecule has 1 aromatic carbocycles. The van der Waals surface area contributed by atoms with Gasteiger partial charge in [0.05, 0.1) is 24.1 Å². The summed E-state index contributed by atoms with van der Waals surface area (Å²) in [4.78, 5) is 0. The van der Waals surface area contributed by atoms with E-state index in [4.69, 9.17) is 19.3 Å². The van der Waals surface area contributed by atoms with Gasteiger partial charge in [-0.05, 0) is 24.6 Å². The number of aryl methyl sites for hydroxylation is 1. The Balaban J connectivity index is 2.05. The average molecular weight is 372 g/mol. The molecule has 4 rings (SSSR count). The van der Waals surface area contributed by atoms with Crippen LogP contribution in [0.1, 0.15) is 36.0 Å². The molecule has 1 aromatic heterocycles. The third-order valence-electron chi connectivity index (χ3n) is 5.67. The minimum absolute atomic E-state index is 0.247. The molecule has 2 aliphatic rings. The van der Waals surface area contributed by atoms with Crippen molar-refractivity contribution in [3.63, 3.8) is 0 Å². The van der Waals surface area contributed by atoms with Crippen LogP contribution in [0, 0.1) is 57.2 Å². The van der Waals surface area contributed by atoms with E-state index in [1.807, 2.05) is 18.2 Å². The number of nitrogens with zero attached hydrogens (tertiary/aromatic N) is 3. The van der Waals surface area contributed by atoms with Crippen LogP contribution in [0.5, 0.6) is 0 Å². The van der Waals surface area contributed by atoms with Crippen LogP contribution in [0.15, 0.2) is 46.9 Å². The molecular formula is C21H16N4O3. The molecule has 0 radical (unpaired) electrons. The summed E-state index contributed by atoms with van der Waals surface area (Å²) in [5, 5.41) is 39.1. The quantitative estimate of drug-likeness (QED) is 0.856. The summed E-state index contributed by atoms with van der Waals surface area (Å²) in [5.41, 5.74) is -3.26. The van der Waals surface area contributed by atoms with Crippen LogP contribution in [0.3, 0.4) is 0 Å². The first-order valence-corrected chi connectivity index (χ1v) is 8.69. The molecule has 2 bridgehead atoms. The molecule has 2 aliphatic heterocycles. The summed E-state index contributed by atoms with van der Waals surface area (Å²) in [6.07, 6.45) is -1.19. The molecule has 0 spiro atoms. The van der Waals surface area contributed by atoms with Crippen molar-refractivity contribution < 1.29 is 13.9 Å². The van der Waals surface area contributed by atoms with E-state index < -0.39 is 34.5 Å². The Bertz CT molecular complexity index is 1070. The molecular weight excluding hydrogens is 356 g/mol. The molecule has 2 fully saturated rings. The van der Waals surface area contributed by atoms with Crippen LogP contribution < -0.4 is 0 Å². The molecule has 7 heteroatoms. The number of hydrogen-bond acceptors (Lipinski definition) is 7. The standard InChI is InChI=1S/C21H16N4O3/c1-13-8-9-15(26-13)17-20(10-22,11-23)21(12-24)16(14-6-4-3-5-7-14)19(2,27-17)28-18(21)25/h3-9,16-17,25H,1-2H3. The minimum atomic E-state index is -2.04. The first-order valence-electron chi connectivity index (χ1n) is 8.69. The zero-order valence-electron chi connectivity index (χ0n) is 15.3. The number of fused-ring (bicyclic) bond motifs is 2. The van der Waals surface area contributed by atoms with E-state index in [1.165, 1.54) is 0 Å². The first-order chi connectivity index (χ1) is 13.4. The van der Waals surface area contributed by atoms with Crippen LogP contribution in [0.25, 0.3) is 0 Å². The summed E-state index contributed by atoms with van der Waals surface area (Å²) in [5.74, 6) is -1.88. The molecule has 7 nitrogen and oxygen atoms in total. The van der Waals surface area contributed by atoms with E-state index in [-0.39, 0.29) is 5.76 Å². The molecule has 2 saturated heterocycles. The summed E-state index contributed by atoms with van der Waals surface area (Å²) in [6, 6.07) is 18.4. The van der Waals surface area contributed by atoms with Gasteiger partial charge in [-0.3, -0.25) is 5.41 Å². The Hall–Kier alpha value is -3.60. The molecule has 0 saturated carbocycles. The zero-order valence-corrected chi connectivity index (χ0v) is 15.3. The van der Waals surface area contributed by atoms with E-state index in [0.717, 1.165) is 0 Å². The van der Waals surface area contributed by atoms with Gasteiger partial charge in [0.25, 0.3) is 0 Å². The third-order valence-corrected chi connectivity index (χ3v) is 5.67. The number of rotatable bonds is 2.